The van der Waals surface area contributed by atoms with Crippen molar-refractivity contribution in [3.63, 3.8) is 0 Å². The Balaban J connectivity index is 1.72. The fraction of sp³-hybridized carbons (Fsp3) is 0.346. The predicted octanol–water partition coefficient (Wildman–Crippen LogP) is 4.83. The highest BCUT2D eigenvalue weighted by Crippen LogP contribution is 2.33. The Morgan fingerprint density at radius 2 is 1.83 bits per heavy atom. The molecule has 0 aliphatic heterocycles. The van der Waals surface area contributed by atoms with Crippen LogP contribution in [0.15, 0.2) is 70.9 Å². The molecule has 1 amide bonds. The van der Waals surface area contributed by atoms with Crippen LogP contribution in [-0.4, -0.2) is 38.5 Å². The zero-order valence-electron chi connectivity index (χ0n) is 19.7. The summed E-state index contributed by atoms with van der Waals surface area (Å²) < 4.78 is 38.2. The lowest BCUT2D eigenvalue weighted by molar-refractivity contribution is -0.129. The molecule has 1 aromatic heterocycles. The van der Waals surface area contributed by atoms with Gasteiger partial charge in [0, 0.05) is 23.8 Å². The molecule has 0 aliphatic rings. The second kappa shape index (κ2) is 13.3. The zero-order chi connectivity index (χ0) is 25.1. The summed E-state index contributed by atoms with van der Waals surface area (Å²) in [7, 11) is -2.38. The molecule has 9 heteroatoms. The van der Waals surface area contributed by atoms with Crippen LogP contribution in [0.25, 0.3) is 0 Å². The average Bonchev–Trinajstić information content (AvgIpc) is 3.39. The number of hydroxylamine groups is 1. The molecule has 188 valence electrons. The zero-order valence-corrected chi connectivity index (χ0v) is 21.3. The number of sulfone groups is 1. The monoisotopic (exact) mass is 517 g/mol. The molecule has 3 rings (SSSR count). The van der Waals surface area contributed by atoms with Gasteiger partial charge in [-0.2, -0.15) is 0 Å². The van der Waals surface area contributed by atoms with Crippen molar-refractivity contribution >= 4 is 27.1 Å². The number of aryl methyl sites for hydroxylation is 1. The van der Waals surface area contributed by atoms with Gasteiger partial charge < -0.3 is 9.47 Å². The number of rotatable bonds is 14. The molecule has 1 unspecified atom stereocenters. The third-order valence-corrected chi connectivity index (χ3v) is 8.84. The van der Waals surface area contributed by atoms with Crippen LogP contribution in [0.3, 0.4) is 0 Å². The first-order valence-corrected chi connectivity index (χ1v) is 13.9. The van der Waals surface area contributed by atoms with E-state index >= 15 is 0 Å². The molecule has 2 N–H and O–H groups in total. The second-order valence-corrected chi connectivity index (χ2v) is 11.4. The number of methoxy groups -OCH3 is 1. The van der Waals surface area contributed by atoms with E-state index in [1.807, 2.05) is 47.8 Å². The molecule has 0 saturated heterocycles. The number of amides is 1. The summed E-state index contributed by atoms with van der Waals surface area (Å²) in [6, 6.07) is 18.4. The summed E-state index contributed by atoms with van der Waals surface area (Å²) in [6.07, 6.45) is 2.89. The smallest absolute Gasteiger partial charge is 0.244 e. The largest absolute Gasteiger partial charge is 0.493 e. The lowest BCUT2D eigenvalue weighted by Crippen LogP contribution is -2.30. The molecule has 0 aliphatic carbocycles. The number of benzene rings is 2. The van der Waals surface area contributed by atoms with Crippen LogP contribution in [0.2, 0.25) is 0 Å². The second-order valence-electron chi connectivity index (χ2n) is 8.13. The molecular formula is C26H31NO6S2. The Bertz CT molecular complexity index is 1160. The quantitative estimate of drug-likeness (QED) is 0.180. The molecule has 0 spiro atoms. The van der Waals surface area contributed by atoms with E-state index in [0.717, 1.165) is 12.8 Å². The highest BCUT2D eigenvalue weighted by atomic mass is 32.2. The molecule has 3 aromatic rings. The van der Waals surface area contributed by atoms with Crippen molar-refractivity contribution in [2.24, 2.45) is 0 Å². The predicted molar refractivity (Wildman–Crippen MR) is 136 cm³/mol. The van der Waals surface area contributed by atoms with Crippen molar-refractivity contribution in [3.05, 3.63) is 76.5 Å². The number of thiophene rings is 1. The van der Waals surface area contributed by atoms with Crippen molar-refractivity contribution in [1.29, 1.82) is 0 Å². The minimum absolute atomic E-state index is 0.0585. The maximum absolute atomic E-state index is 13.5. The minimum Gasteiger partial charge on any atom is -0.493 e. The van der Waals surface area contributed by atoms with Crippen LogP contribution in [0.1, 0.15) is 36.1 Å². The van der Waals surface area contributed by atoms with E-state index in [4.69, 9.17) is 14.7 Å². The number of nitrogens with one attached hydrogen (secondary N) is 1. The molecule has 2 aromatic carbocycles. The number of hydrogen-bond donors (Lipinski definition) is 2. The van der Waals surface area contributed by atoms with Gasteiger partial charge in [0.15, 0.2) is 21.3 Å². The Morgan fingerprint density at radius 3 is 2.51 bits per heavy atom. The number of carbonyl (C=O) groups excluding carboxylic acids is 1. The van der Waals surface area contributed by atoms with Gasteiger partial charge in [-0.1, -0.05) is 42.8 Å². The van der Waals surface area contributed by atoms with E-state index in [2.05, 4.69) is 0 Å². The van der Waals surface area contributed by atoms with Gasteiger partial charge in [-0.25, -0.2) is 13.9 Å². The summed E-state index contributed by atoms with van der Waals surface area (Å²) in [6.45, 7) is 0.371. The summed E-state index contributed by atoms with van der Waals surface area (Å²) in [4.78, 5) is 13.1. The number of hydrogen-bond acceptors (Lipinski definition) is 7. The highest BCUT2D eigenvalue weighted by molar-refractivity contribution is 7.92. The van der Waals surface area contributed by atoms with Crippen molar-refractivity contribution in [2.45, 2.75) is 48.7 Å². The first-order chi connectivity index (χ1) is 16.9. The van der Waals surface area contributed by atoms with Gasteiger partial charge in [-0.3, -0.25) is 10.0 Å². The molecule has 0 radical (unpaired) electrons. The van der Waals surface area contributed by atoms with E-state index in [-0.39, 0.29) is 11.3 Å². The molecular weight excluding hydrogens is 486 g/mol. The van der Waals surface area contributed by atoms with E-state index in [1.165, 1.54) is 29.7 Å². The van der Waals surface area contributed by atoms with Gasteiger partial charge in [-0.05, 0) is 48.4 Å². The van der Waals surface area contributed by atoms with Crippen molar-refractivity contribution in [2.75, 3.05) is 13.7 Å². The van der Waals surface area contributed by atoms with Crippen LogP contribution in [-0.2, 0) is 27.5 Å². The molecule has 1 heterocycles. The van der Waals surface area contributed by atoms with Gasteiger partial charge >= 0.3 is 0 Å². The molecule has 35 heavy (non-hydrogen) atoms. The SMILES string of the molecule is COc1ccc(S(=O)(=O)C(CCCCc2ccccc2)CC(=O)NO)cc1OCCc1cccs1. The normalized spacial score (nSPS) is 12.2. The third kappa shape index (κ3) is 7.81. The van der Waals surface area contributed by atoms with Gasteiger partial charge in [0.05, 0.1) is 23.9 Å². The van der Waals surface area contributed by atoms with Crippen LogP contribution < -0.4 is 15.0 Å². The lowest BCUT2D eigenvalue weighted by Gasteiger charge is -2.18. The van der Waals surface area contributed by atoms with Crippen LogP contribution >= 0.6 is 11.3 Å². The maximum Gasteiger partial charge on any atom is 0.244 e. The van der Waals surface area contributed by atoms with Crippen LogP contribution in [0.4, 0.5) is 0 Å². The molecule has 7 nitrogen and oxygen atoms in total. The fourth-order valence-electron chi connectivity index (χ4n) is 3.82. The third-order valence-electron chi connectivity index (χ3n) is 5.71. The van der Waals surface area contributed by atoms with Crippen LogP contribution in [0, 0.1) is 0 Å². The van der Waals surface area contributed by atoms with Gasteiger partial charge in [0.2, 0.25) is 5.91 Å². The van der Waals surface area contributed by atoms with Gasteiger partial charge in [-0.15, -0.1) is 11.3 Å². The fourth-order valence-corrected chi connectivity index (χ4v) is 6.27. The Hall–Kier alpha value is -2.88. The van der Waals surface area contributed by atoms with Gasteiger partial charge in [0.25, 0.3) is 0 Å². The lowest BCUT2D eigenvalue weighted by atomic mass is 10.1. The Labute approximate surface area is 210 Å². The highest BCUT2D eigenvalue weighted by Gasteiger charge is 2.30. The number of carbonyl (C=O) groups is 1. The Morgan fingerprint density at radius 1 is 1.03 bits per heavy atom. The molecule has 0 bridgehead atoms. The summed E-state index contributed by atoms with van der Waals surface area (Å²) in [5.74, 6) is 0.0322. The summed E-state index contributed by atoms with van der Waals surface area (Å²) in [5.41, 5.74) is 2.74. The standard InChI is InChI=1S/C26H31NO6S2/c1-32-24-14-13-23(18-25(24)33-16-15-21-11-7-17-34-21)35(30,31)22(19-26(28)27-29)12-6-5-10-20-8-3-2-4-9-20/h2-4,7-9,11,13-14,17-18,22,29H,5-6,10,12,15-16,19H2,1H3,(H,27,28). The molecule has 0 saturated carbocycles. The van der Waals surface area contributed by atoms with Crippen molar-refractivity contribution < 1.29 is 27.9 Å². The first-order valence-electron chi connectivity index (χ1n) is 11.5. The maximum atomic E-state index is 13.5. The summed E-state index contributed by atoms with van der Waals surface area (Å²) >= 11 is 1.63. The Kier molecular flexibility index (Phi) is 10.1. The van der Waals surface area contributed by atoms with Gasteiger partial charge in [0.1, 0.15) is 0 Å². The van der Waals surface area contributed by atoms with E-state index < -0.39 is 21.0 Å². The topological polar surface area (TPSA) is 102 Å². The van der Waals surface area contributed by atoms with E-state index in [9.17, 15) is 13.2 Å². The van der Waals surface area contributed by atoms with E-state index in [1.54, 1.807) is 22.9 Å². The minimum atomic E-state index is -3.87. The van der Waals surface area contributed by atoms with Crippen molar-refractivity contribution in [1.82, 2.24) is 5.48 Å². The van der Waals surface area contributed by atoms with Crippen molar-refractivity contribution in [3.8, 4) is 11.5 Å². The number of ether oxygens (including phenoxy) is 2. The number of unbranched alkanes of at least 4 members (excludes halogenated alkanes) is 1. The average molecular weight is 518 g/mol. The molecule has 0 fully saturated rings. The van der Waals surface area contributed by atoms with E-state index in [0.29, 0.717) is 37.4 Å². The first kappa shape index (κ1) is 26.7. The molecule has 1 atom stereocenters. The summed E-state index contributed by atoms with van der Waals surface area (Å²) in [5, 5.41) is 10.0. The van der Waals surface area contributed by atoms with Crippen LogP contribution in [0.5, 0.6) is 11.5 Å².